The van der Waals surface area contributed by atoms with Crippen LogP contribution in [0.25, 0.3) is 0 Å². The largest absolute Gasteiger partial charge is 0.359 e. The van der Waals surface area contributed by atoms with Gasteiger partial charge in [-0.15, -0.1) is 0 Å². The fraction of sp³-hybridized carbons (Fsp3) is 0.611. The lowest BCUT2D eigenvalue weighted by molar-refractivity contribution is -0.128. The third-order valence-electron chi connectivity index (χ3n) is 3.65. The predicted octanol–water partition coefficient (Wildman–Crippen LogP) is 3.53. The van der Waals surface area contributed by atoms with Crippen molar-refractivity contribution in [2.75, 3.05) is 13.6 Å². The molecule has 3 heteroatoms. The molecule has 3 nitrogen and oxygen atoms in total. The summed E-state index contributed by atoms with van der Waals surface area (Å²) in [6, 6.07) is 10.7. The monoisotopic (exact) mass is 290 g/mol. The Kier molecular flexibility index (Phi) is 5.97. The number of rotatable bonds is 6. The van der Waals surface area contributed by atoms with Gasteiger partial charge in [-0.25, -0.2) is 0 Å². The molecule has 0 fully saturated rings. The topological polar surface area (TPSA) is 41.1 Å². The van der Waals surface area contributed by atoms with Crippen molar-refractivity contribution in [2.24, 2.45) is 10.8 Å². The van der Waals surface area contributed by atoms with Crippen molar-refractivity contribution in [1.29, 1.82) is 0 Å². The number of hydrogen-bond donors (Lipinski definition) is 2. The minimum atomic E-state index is -0.417. The Bertz CT molecular complexity index is 446. The quantitative estimate of drug-likeness (QED) is 0.841. The Morgan fingerprint density at radius 2 is 1.67 bits per heavy atom. The molecule has 0 bridgehead atoms. The molecule has 1 aromatic rings. The zero-order valence-electron chi connectivity index (χ0n) is 14.3. The summed E-state index contributed by atoms with van der Waals surface area (Å²) >= 11 is 0. The molecule has 1 amide bonds. The second-order valence-electron chi connectivity index (χ2n) is 7.57. The molecule has 1 rings (SSSR count). The van der Waals surface area contributed by atoms with Crippen LogP contribution >= 0.6 is 0 Å². The number of hydrogen-bond acceptors (Lipinski definition) is 2. The molecule has 0 aromatic heterocycles. The molecule has 1 aromatic carbocycles. The SMILES string of the molecule is CNC(=O)C(C)(C)CNC(CC(C)(C)C)c1ccccc1. The molecule has 2 N–H and O–H groups in total. The van der Waals surface area contributed by atoms with Crippen LogP contribution in [0.3, 0.4) is 0 Å². The van der Waals surface area contributed by atoms with Crippen molar-refractivity contribution in [3.63, 3.8) is 0 Å². The summed E-state index contributed by atoms with van der Waals surface area (Å²) in [7, 11) is 1.69. The van der Waals surface area contributed by atoms with E-state index in [0.717, 1.165) is 6.42 Å². The number of nitrogens with one attached hydrogen (secondary N) is 2. The van der Waals surface area contributed by atoms with Gasteiger partial charge in [0.05, 0.1) is 5.41 Å². The Hall–Kier alpha value is -1.35. The lowest BCUT2D eigenvalue weighted by Crippen LogP contribution is -2.43. The van der Waals surface area contributed by atoms with Crippen LogP contribution < -0.4 is 10.6 Å². The molecule has 0 radical (unpaired) electrons. The normalized spacial score (nSPS) is 13.8. The van der Waals surface area contributed by atoms with E-state index in [1.165, 1.54) is 5.56 Å². The van der Waals surface area contributed by atoms with Crippen LogP contribution in [-0.2, 0) is 4.79 Å². The molecule has 0 saturated heterocycles. The van der Waals surface area contributed by atoms with Crippen LogP contribution in [0.4, 0.5) is 0 Å². The van der Waals surface area contributed by atoms with Crippen LogP contribution in [0.15, 0.2) is 30.3 Å². The average Bonchev–Trinajstić information content (AvgIpc) is 2.42. The molecule has 1 unspecified atom stereocenters. The summed E-state index contributed by atoms with van der Waals surface area (Å²) in [6.45, 7) is 11.3. The molecule has 0 aliphatic rings. The van der Waals surface area contributed by atoms with E-state index in [1.807, 2.05) is 19.9 Å². The molecule has 21 heavy (non-hydrogen) atoms. The summed E-state index contributed by atoms with van der Waals surface area (Å²) < 4.78 is 0. The van der Waals surface area contributed by atoms with Gasteiger partial charge >= 0.3 is 0 Å². The van der Waals surface area contributed by atoms with E-state index in [-0.39, 0.29) is 17.4 Å². The maximum absolute atomic E-state index is 11.9. The first kappa shape index (κ1) is 17.7. The van der Waals surface area contributed by atoms with Gasteiger partial charge in [0.25, 0.3) is 0 Å². The fourth-order valence-corrected chi connectivity index (χ4v) is 2.40. The first-order chi connectivity index (χ1) is 9.65. The molecule has 0 saturated carbocycles. The Morgan fingerprint density at radius 3 is 2.14 bits per heavy atom. The van der Waals surface area contributed by atoms with Crippen LogP contribution in [0.2, 0.25) is 0 Å². The highest BCUT2D eigenvalue weighted by Crippen LogP contribution is 2.30. The molecule has 118 valence electrons. The Labute approximate surface area is 129 Å². The van der Waals surface area contributed by atoms with Crippen molar-refractivity contribution >= 4 is 5.91 Å². The number of amides is 1. The first-order valence-corrected chi connectivity index (χ1v) is 7.66. The van der Waals surface area contributed by atoms with E-state index in [1.54, 1.807) is 7.05 Å². The van der Waals surface area contributed by atoms with Gasteiger partial charge in [0, 0.05) is 19.6 Å². The van der Waals surface area contributed by atoms with Gasteiger partial charge < -0.3 is 10.6 Å². The minimum absolute atomic E-state index is 0.0672. The zero-order chi connectivity index (χ0) is 16.1. The van der Waals surface area contributed by atoms with Crippen LogP contribution in [0, 0.1) is 10.8 Å². The number of benzene rings is 1. The van der Waals surface area contributed by atoms with Crippen LogP contribution in [0.5, 0.6) is 0 Å². The summed E-state index contributed by atoms with van der Waals surface area (Å²) in [5.74, 6) is 0.0672. The lowest BCUT2D eigenvalue weighted by atomic mass is 9.84. The highest BCUT2D eigenvalue weighted by molar-refractivity contribution is 5.81. The standard InChI is InChI=1S/C18H30N2O/c1-17(2,3)12-15(14-10-8-7-9-11-14)20-13-18(4,5)16(21)19-6/h7-11,15,20H,12-13H2,1-6H3,(H,19,21). The zero-order valence-corrected chi connectivity index (χ0v) is 14.3. The molecule has 0 aliphatic carbocycles. The molecular weight excluding hydrogens is 260 g/mol. The van der Waals surface area contributed by atoms with Gasteiger partial charge in [0.2, 0.25) is 5.91 Å². The maximum atomic E-state index is 11.9. The van der Waals surface area contributed by atoms with Crippen molar-refractivity contribution < 1.29 is 4.79 Å². The fourth-order valence-electron chi connectivity index (χ4n) is 2.40. The second-order valence-corrected chi connectivity index (χ2v) is 7.57. The predicted molar refractivity (Wildman–Crippen MR) is 89.1 cm³/mol. The number of carbonyl (C=O) groups is 1. The van der Waals surface area contributed by atoms with Gasteiger partial charge in [0.15, 0.2) is 0 Å². The van der Waals surface area contributed by atoms with E-state index in [2.05, 4.69) is 55.7 Å². The van der Waals surface area contributed by atoms with Gasteiger partial charge in [0.1, 0.15) is 0 Å². The summed E-state index contributed by atoms with van der Waals surface area (Å²) in [6.07, 6.45) is 1.03. The van der Waals surface area contributed by atoms with Crippen LogP contribution in [-0.4, -0.2) is 19.5 Å². The number of carbonyl (C=O) groups excluding carboxylic acids is 1. The molecule has 0 heterocycles. The third-order valence-corrected chi connectivity index (χ3v) is 3.65. The van der Waals surface area contributed by atoms with Gasteiger partial charge in [-0.3, -0.25) is 4.79 Å². The van der Waals surface area contributed by atoms with Crippen molar-refractivity contribution in [3.8, 4) is 0 Å². The summed E-state index contributed by atoms with van der Waals surface area (Å²) in [5, 5.41) is 6.33. The van der Waals surface area contributed by atoms with E-state index in [0.29, 0.717) is 6.54 Å². The molecule has 0 aliphatic heterocycles. The first-order valence-electron chi connectivity index (χ1n) is 7.66. The minimum Gasteiger partial charge on any atom is -0.359 e. The molecular formula is C18H30N2O. The van der Waals surface area contributed by atoms with Gasteiger partial charge in [-0.2, -0.15) is 0 Å². The lowest BCUT2D eigenvalue weighted by Gasteiger charge is -2.31. The van der Waals surface area contributed by atoms with Crippen molar-refractivity contribution in [2.45, 2.75) is 47.1 Å². The van der Waals surface area contributed by atoms with Crippen molar-refractivity contribution in [3.05, 3.63) is 35.9 Å². The van der Waals surface area contributed by atoms with E-state index in [9.17, 15) is 4.79 Å². The molecule has 1 atom stereocenters. The highest BCUT2D eigenvalue weighted by Gasteiger charge is 2.28. The van der Waals surface area contributed by atoms with Crippen LogP contribution in [0.1, 0.15) is 52.6 Å². The van der Waals surface area contributed by atoms with E-state index < -0.39 is 5.41 Å². The van der Waals surface area contributed by atoms with Gasteiger partial charge in [-0.1, -0.05) is 51.1 Å². The average molecular weight is 290 g/mol. The summed E-state index contributed by atoms with van der Waals surface area (Å²) in [5.41, 5.74) is 1.09. The van der Waals surface area contributed by atoms with Gasteiger partial charge in [-0.05, 0) is 31.2 Å². The highest BCUT2D eigenvalue weighted by atomic mass is 16.2. The second kappa shape index (κ2) is 7.08. The summed E-state index contributed by atoms with van der Waals surface area (Å²) in [4.78, 5) is 11.9. The van der Waals surface area contributed by atoms with Crippen molar-refractivity contribution in [1.82, 2.24) is 10.6 Å². The molecule has 0 spiro atoms. The maximum Gasteiger partial charge on any atom is 0.226 e. The Balaban J connectivity index is 2.82. The smallest absolute Gasteiger partial charge is 0.226 e. The third kappa shape index (κ3) is 5.88. The Morgan fingerprint density at radius 1 is 1.10 bits per heavy atom. The van der Waals surface area contributed by atoms with E-state index >= 15 is 0 Å². The van der Waals surface area contributed by atoms with E-state index in [4.69, 9.17) is 0 Å².